The minimum atomic E-state index is -0.0619. The molecule has 4 heteroatoms. The molecule has 1 aromatic rings. The summed E-state index contributed by atoms with van der Waals surface area (Å²) in [5, 5.41) is 3.54. The fraction of sp³-hybridized carbons (Fsp3) is 0.588. The van der Waals surface area contributed by atoms with Crippen molar-refractivity contribution in [3.8, 4) is 0 Å². The van der Waals surface area contributed by atoms with Crippen LogP contribution in [0.15, 0.2) is 18.2 Å². The van der Waals surface area contributed by atoms with Crippen molar-refractivity contribution in [1.82, 2.24) is 4.90 Å². The molecule has 21 heavy (non-hydrogen) atoms. The van der Waals surface area contributed by atoms with E-state index in [2.05, 4.69) is 35.5 Å². The number of carbonyl (C=O) groups is 1. The monoisotopic (exact) mass is 286 g/mol. The maximum atomic E-state index is 12.0. The first kappa shape index (κ1) is 13.1. The smallest absolute Gasteiger partial charge is 0.309 e. The van der Waals surface area contributed by atoms with Gasteiger partial charge in [-0.3, -0.25) is 4.79 Å². The van der Waals surface area contributed by atoms with E-state index in [-0.39, 0.29) is 11.9 Å². The molecule has 4 atom stereocenters. The Morgan fingerprint density at radius 1 is 1.38 bits per heavy atom. The third-order valence-corrected chi connectivity index (χ3v) is 5.62. The van der Waals surface area contributed by atoms with Crippen LogP contribution in [0, 0.1) is 5.92 Å². The predicted molar refractivity (Wildman–Crippen MR) is 81.6 cm³/mol. The summed E-state index contributed by atoms with van der Waals surface area (Å²) in [7, 11) is 3.65. The van der Waals surface area contributed by atoms with Gasteiger partial charge in [-0.15, -0.1) is 0 Å². The molecule has 1 saturated heterocycles. The minimum absolute atomic E-state index is 0.00279. The van der Waals surface area contributed by atoms with Crippen molar-refractivity contribution < 1.29 is 9.53 Å². The summed E-state index contributed by atoms with van der Waals surface area (Å²) < 4.78 is 4.98. The second-order valence-corrected chi connectivity index (χ2v) is 6.69. The normalized spacial score (nSPS) is 33.8. The van der Waals surface area contributed by atoms with Crippen LogP contribution in [-0.2, 0) is 9.53 Å². The number of nitrogens with zero attached hydrogens (tertiary/aromatic N) is 1. The average molecular weight is 286 g/mol. The second kappa shape index (κ2) is 4.73. The lowest BCUT2D eigenvalue weighted by Crippen LogP contribution is -2.50. The van der Waals surface area contributed by atoms with E-state index >= 15 is 0 Å². The molecular formula is C17H22N2O2. The summed E-state index contributed by atoms with van der Waals surface area (Å²) in [6, 6.07) is 7.15. The van der Waals surface area contributed by atoms with Crippen molar-refractivity contribution in [2.24, 2.45) is 5.92 Å². The van der Waals surface area contributed by atoms with Gasteiger partial charge in [0.15, 0.2) is 0 Å². The number of hydrogen-bond donors (Lipinski definition) is 1. The van der Waals surface area contributed by atoms with Gasteiger partial charge in [0.1, 0.15) is 0 Å². The lowest BCUT2D eigenvalue weighted by atomic mass is 9.68. The van der Waals surface area contributed by atoms with E-state index in [1.165, 1.54) is 30.3 Å². The van der Waals surface area contributed by atoms with E-state index in [4.69, 9.17) is 4.74 Å². The van der Waals surface area contributed by atoms with E-state index < -0.39 is 0 Å². The maximum Gasteiger partial charge on any atom is 0.309 e. The Bertz CT molecular complexity index is 586. The zero-order chi connectivity index (χ0) is 14.6. The number of likely N-dealkylation sites (tertiary alicyclic amines) is 1. The van der Waals surface area contributed by atoms with Gasteiger partial charge in [0.25, 0.3) is 0 Å². The van der Waals surface area contributed by atoms with Gasteiger partial charge in [0, 0.05) is 36.7 Å². The van der Waals surface area contributed by atoms with Crippen LogP contribution in [0.2, 0.25) is 0 Å². The van der Waals surface area contributed by atoms with Crippen molar-refractivity contribution in [2.45, 2.75) is 30.7 Å². The van der Waals surface area contributed by atoms with Gasteiger partial charge in [0.05, 0.1) is 13.0 Å². The van der Waals surface area contributed by atoms with Crippen LogP contribution in [0.3, 0.4) is 0 Å². The number of ether oxygens (including phenoxy) is 1. The molecule has 0 radical (unpaired) electrons. The SMILES string of the molecule is COC(=O)[C@@H]1C[C@@H]2c3cccc4c3[C@@H](CN4)C[C@H]2N(C)C1. The molecule has 0 bridgehead atoms. The number of hydrogen-bond acceptors (Lipinski definition) is 4. The number of carbonyl (C=O) groups excluding carboxylic acids is 1. The highest BCUT2D eigenvalue weighted by molar-refractivity contribution is 5.73. The number of rotatable bonds is 1. The number of fused-ring (bicyclic) bond motifs is 2. The Labute approximate surface area is 125 Å². The lowest BCUT2D eigenvalue weighted by Gasteiger charge is -2.46. The van der Waals surface area contributed by atoms with E-state index in [9.17, 15) is 4.79 Å². The van der Waals surface area contributed by atoms with Crippen LogP contribution < -0.4 is 5.32 Å². The van der Waals surface area contributed by atoms with Crippen molar-refractivity contribution >= 4 is 11.7 Å². The number of esters is 1. The van der Waals surface area contributed by atoms with Crippen molar-refractivity contribution in [1.29, 1.82) is 0 Å². The second-order valence-electron chi connectivity index (χ2n) is 6.69. The van der Waals surface area contributed by atoms with Gasteiger partial charge in [-0.25, -0.2) is 0 Å². The number of anilines is 1. The van der Waals surface area contributed by atoms with E-state index in [1.807, 2.05) is 0 Å². The van der Waals surface area contributed by atoms with Crippen molar-refractivity contribution in [3.05, 3.63) is 29.3 Å². The Morgan fingerprint density at radius 3 is 3.05 bits per heavy atom. The molecule has 0 amide bonds. The summed E-state index contributed by atoms with van der Waals surface area (Å²) in [6.45, 7) is 1.88. The van der Waals surface area contributed by atoms with Gasteiger partial charge in [-0.05, 0) is 37.1 Å². The van der Waals surface area contributed by atoms with Crippen LogP contribution in [0.25, 0.3) is 0 Å². The summed E-state index contributed by atoms with van der Waals surface area (Å²) in [5.74, 6) is 1.03. The standard InChI is InChI=1S/C17H22N2O2/c1-19-9-11(17(20)21-2)6-13-12-4-3-5-14-16(12)10(8-18-14)7-15(13)19/h3-5,10-11,13,15,18H,6-9H2,1-2H3/t10-,11-,13-,15-/m1/s1. The molecule has 4 rings (SSSR count). The number of nitrogens with one attached hydrogen (secondary N) is 1. The maximum absolute atomic E-state index is 12.0. The molecule has 2 heterocycles. The molecule has 1 N–H and O–H groups in total. The van der Waals surface area contributed by atoms with Crippen LogP contribution in [0.4, 0.5) is 5.69 Å². The number of methoxy groups -OCH3 is 1. The molecule has 4 nitrogen and oxygen atoms in total. The Kier molecular flexibility index (Phi) is 2.96. The lowest BCUT2D eigenvalue weighted by molar-refractivity contribution is -0.148. The fourth-order valence-electron chi connectivity index (χ4n) is 4.69. The summed E-state index contributed by atoms with van der Waals surface area (Å²) in [6.07, 6.45) is 2.12. The number of benzene rings is 1. The Morgan fingerprint density at radius 2 is 2.24 bits per heavy atom. The van der Waals surface area contributed by atoms with Crippen LogP contribution in [0.1, 0.15) is 35.8 Å². The summed E-state index contributed by atoms with van der Waals surface area (Å²) in [4.78, 5) is 14.4. The van der Waals surface area contributed by atoms with Gasteiger partial charge < -0.3 is 15.0 Å². The zero-order valence-corrected chi connectivity index (χ0v) is 12.6. The van der Waals surface area contributed by atoms with Crippen molar-refractivity contribution in [3.63, 3.8) is 0 Å². The molecule has 1 aliphatic carbocycles. The zero-order valence-electron chi connectivity index (χ0n) is 12.6. The highest BCUT2D eigenvalue weighted by Crippen LogP contribution is 2.50. The van der Waals surface area contributed by atoms with E-state index in [0.29, 0.717) is 17.9 Å². The molecule has 0 unspecified atom stereocenters. The first-order chi connectivity index (χ1) is 10.2. The van der Waals surface area contributed by atoms with Crippen LogP contribution in [0.5, 0.6) is 0 Å². The predicted octanol–water partition coefficient (Wildman–Crippen LogP) is 2.18. The third kappa shape index (κ3) is 1.89. The molecule has 3 aliphatic rings. The van der Waals surface area contributed by atoms with E-state index in [0.717, 1.165) is 19.5 Å². The van der Waals surface area contributed by atoms with Gasteiger partial charge in [0.2, 0.25) is 0 Å². The summed E-state index contributed by atoms with van der Waals surface area (Å²) >= 11 is 0. The molecule has 1 fully saturated rings. The molecule has 0 aromatic heterocycles. The molecule has 0 saturated carbocycles. The fourth-order valence-corrected chi connectivity index (χ4v) is 4.69. The molecule has 2 aliphatic heterocycles. The first-order valence-electron chi connectivity index (χ1n) is 7.83. The van der Waals surface area contributed by atoms with Crippen LogP contribution >= 0.6 is 0 Å². The Hall–Kier alpha value is -1.55. The Balaban J connectivity index is 1.73. The first-order valence-corrected chi connectivity index (χ1v) is 7.83. The third-order valence-electron chi connectivity index (χ3n) is 5.62. The van der Waals surface area contributed by atoms with Gasteiger partial charge >= 0.3 is 5.97 Å². The number of likely N-dealkylation sites (N-methyl/N-ethyl adjacent to an activating group) is 1. The van der Waals surface area contributed by atoms with E-state index in [1.54, 1.807) is 0 Å². The minimum Gasteiger partial charge on any atom is -0.469 e. The highest BCUT2D eigenvalue weighted by atomic mass is 16.5. The summed E-state index contributed by atoms with van der Waals surface area (Å²) in [5.41, 5.74) is 4.27. The largest absolute Gasteiger partial charge is 0.469 e. The molecular weight excluding hydrogens is 264 g/mol. The average Bonchev–Trinajstić information content (AvgIpc) is 2.92. The number of piperidine rings is 1. The van der Waals surface area contributed by atoms with Gasteiger partial charge in [-0.1, -0.05) is 12.1 Å². The highest BCUT2D eigenvalue weighted by Gasteiger charge is 2.45. The molecule has 0 spiro atoms. The topological polar surface area (TPSA) is 41.6 Å². The quantitative estimate of drug-likeness (QED) is 0.804. The molecule has 112 valence electrons. The van der Waals surface area contributed by atoms with Gasteiger partial charge in [-0.2, -0.15) is 0 Å². The van der Waals surface area contributed by atoms with Crippen LogP contribution in [-0.4, -0.2) is 44.2 Å². The molecule has 1 aromatic carbocycles. The van der Waals surface area contributed by atoms with Crippen molar-refractivity contribution in [2.75, 3.05) is 32.6 Å².